The van der Waals surface area contributed by atoms with Gasteiger partial charge in [-0.05, 0) is 11.5 Å². The van der Waals surface area contributed by atoms with E-state index in [1.807, 2.05) is 0 Å². The minimum absolute atomic E-state index is 0.142. The van der Waals surface area contributed by atoms with Crippen molar-refractivity contribution in [1.82, 2.24) is 5.43 Å². The lowest BCUT2D eigenvalue weighted by molar-refractivity contribution is 0.566. The molecule has 2 nitrogen and oxygen atoms in total. The second kappa shape index (κ2) is 3.52. The van der Waals surface area contributed by atoms with Gasteiger partial charge in [0, 0.05) is 5.41 Å². The molecule has 0 aromatic rings. The molecule has 1 aliphatic heterocycles. The molecule has 0 aliphatic carbocycles. The fourth-order valence-corrected chi connectivity index (χ4v) is 1.55. The van der Waals surface area contributed by atoms with Gasteiger partial charge in [0.15, 0.2) is 0 Å². The normalized spacial score (nSPS) is 18.0. The Morgan fingerprint density at radius 2 is 2.00 bits per heavy atom. The maximum atomic E-state index is 4.40. The highest BCUT2D eigenvalue weighted by molar-refractivity contribution is 6.04. The maximum Gasteiger partial charge on any atom is 0.0688 e. The van der Waals surface area contributed by atoms with Crippen LogP contribution < -0.4 is 5.43 Å². The predicted octanol–water partition coefficient (Wildman–Crippen LogP) is 2.57. The van der Waals surface area contributed by atoms with Crippen LogP contribution in [0.5, 0.6) is 0 Å². The van der Waals surface area contributed by atoms with Crippen molar-refractivity contribution in [2.24, 2.45) is 16.4 Å². The molecule has 1 rings (SSSR count). The van der Waals surface area contributed by atoms with Gasteiger partial charge in [0.2, 0.25) is 0 Å². The van der Waals surface area contributed by atoms with Crippen LogP contribution in [0.1, 0.15) is 34.6 Å². The Hall–Kier alpha value is -0.790. The van der Waals surface area contributed by atoms with E-state index in [9.17, 15) is 0 Å². The van der Waals surface area contributed by atoms with E-state index in [-0.39, 0.29) is 5.41 Å². The van der Waals surface area contributed by atoms with Crippen molar-refractivity contribution in [3.8, 4) is 0 Å². The minimum Gasteiger partial charge on any atom is -0.306 e. The summed E-state index contributed by atoms with van der Waals surface area (Å²) >= 11 is 0. The van der Waals surface area contributed by atoms with Gasteiger partial charge in [-0.15, -0.1) is 0 Å². The van der Waals surface area contributed by atoms with Gasteiger partial charge in [-0.25, -0.2) is 0 Å². The molecule has 0 saturated heterocycles. The molecule has 0 saturated carbocycles. The number of nitrogens with one attached hydrogen (secondary N) is 1. The lowest BCUT2D eigenvalue weighted by Gasteiger charge is -2.28. The molecule has 1 aliphatic rings. The largest absolute Gasteiger partial charge is 0.306 e. The molecule has 74 valence electrons. The molecule has 13 heavy (non-hydrogen) atoms. The Kier molecular flexibility index (Phi) is 2.79. The topological polar surface area (TPSA) is 24.4 Å². The van der Waals surface area contributed by atoms with E-state index in [1.165, 1.54) is 11.3 Å². The molecule has 0 unspecified atom stereocenters. The Morgan fingerprint density at radius 1 is 1.38 bits per heavy atom. The Labute approximate surface area is 81.1 Å². The first kappa shape index (κ1) is 10.3. The number of nitrogens with zero attached hydrogens (tertiary/aromatic N) is 1. The van der Waals surface area contributed by atoms with E-state index in [4.69, 9.17) is 0 Å². The number of rotatable bonds is 1. The van der Waals surface area contributed by atoms with Crippen LogP contribution in [0.3, 0.4) is 0 Å². The van der Waals surface area contributed by atoms with Crippen molar-refractivity contribution in [2.45, 2.75) is 34.6 Å². The van der Waals surface area contributed by atoms with Gasteiger partial charge < -0.3 is 5.43 Å². The Bertz CT molecular complexity index is 241. The van der Waals surface area contributed by atoms with E-state index in [2.05, 4.69) is 51.2 Å². The molecule has 0 amide bonds. The highest BCUT2D eigenvalue weighted by Crippen LogP contribution is 2.26. The van der Waals surface area contributed by atoms with E-state index < -0.39 is 0 Å². The van der Waals surface area contributed by atoms with E-state index >= 15 is 0 Å². The van der Waals surface area contributed by atoms with E-state index in [0.29, 0.717) is 5.92 Å². The summed E-state index contributed by atoms with van der Waals surface area (Å²) < 4.78 is 0. The van der Waals surface area contributed by atoms with Crippen LogP contribution in [0.15, 0.2) is 16.8 Å². The maximum absolute atomic E-state index is 4.40. The van der Waals surface area contributed by atoms with Crippen LogP contribution >= 0.6 is 0 Å². The average molecular weight is 180 g/mol. The molecule has 2 heteroatoms. The van der Waals surface area contributed by atoms with Gasteiger partial charge in [-0.3, -0.25) is 0 Å². The molecular weight excluding hydrogens is 160 g/mol. The Balaban J connectivity index is 2.95. The zero-order chi connectivity index (χ0) is 10.1. The number of hydrogen-bond donors (Lipinski definition) is 1. The molecule has 0 bridgehead atoms. The van der Waals surface area contributed by atoms with Gasteiger partial charge in [0.05, 0.1) is 12.3 Å². The third-order valence-electron chi connectivity index (χ3n) is 2.21. The van der Waals surface area contributed by atoms with Gasteiger partial charge in [0.25, 0.3) is 0 Å². The standard InChI is InChI=1S/C11H20N2/c1-8(2)9-6-7-12-13-10(9)11(3,4)5/h6,8,12H,7H2,1-5H3. The van der Waals surface area contributed by atoms with Crippen LogP contribution in [0.4, 0.5) is 0 Å². The van der Waals surface area contributed by atoms with E-state index in [1.54, 1.807) is 0 Å². The van der Waals surface area contributed by atoms with Gasteiger partial charge in [-0.2, -0.15) is 5.10 Å². The van der Waals surface area contributed by atoms with Crippen molar-refractivity contribution >= 4 is 5.71 Å². The number of allylic oxidation sites excluding steroid dienone is 1. The second-order valence-corrected chi connectivity index (χ2v) is 4.89. The molecule has 1 N–H and O–H groups in total. The first-order chi connectivity index (χ1) is 5.93. The lowest BCUT2D eigenvalue weighted by atomic mass is 9.81. The second-order valence-electron chi connectivity index (χ2n) is 4.89. The van der Waals surface area contributed by atoms with Crippen molar-refractivity contribution in [2.75, 3.05) is 6.54 Å². The summed E-state index contributed by atoms with van der Waals surface area (Å²) in [5.41, 5.74) is 5.78. The summed E-state index contributed by atoms with van der Waals surface area (Å²) in [7, 11) is 0. The van der Waals surface area contributed by atoms with Gasteiger partial charge >= 0.3 is 0 Å². The average Bonchev–Trinajstić information content (AvgIpc) is 2.03. The first-order valence-corrected chi connectivity index (χ1v) is 4.94. The summed E-state index contributed by atoms with van der Waals surface area (Å²) in [5, 5.41) is 4.40. The highest BCUT2D eigenvalue weighted by atomic mass is 15.3. The molecule has 0 radical (unpaired) electrons. The first-order valence-electron chi connectivity index (χ1n) is 4.94. The molecular formula is C11H20N2. The summed E-state index contributed by atoms with van der Waals surface area (Å²) in [5.74, 6) is 0.570. The summed E-state index contributed by atoms with van der Waals surface area (Å²) in [6, 6.07) is 0. The van der Waals surface area contributed by atoms with Crippen LogP contribution in [0.2, 0.25) is 0 Å². The monoisotopic (exact) mass is 180 g/mol. The zero-order valence-corrected chi connectivity index (χ0v) is 9.31. The van der Waals surface area contributed by atoms with Crippen molar-refractivity contribution in [3.05, 3.63) is 11.6 Å². The van der Waals surface area contributed by atoms with Crippen molar-refractivity contribution in [3.63, 3.8) is 0 Å². The fraction of sp³-hybridized carbons (Fsp3) is 0.727. The zero-order valence-electron chi connectivity index (χ0n) is 9.31. The number of hydrogen-bond acceptors (Lipinski definition) is 2. The van der Waals surface area contributed by atoms with Crippen LogP contribution in [0, 0.1) is 11.3 Å². The third kappa shape index (κ3) is 2.33. The smallest absolute Gasteiger partial charge is 0.0688 e. The van der Waals surface area contributed by atoms with Crippen molar-refractivity contribution < 1.29 is 0 Å². The predicted molar refractivity (Wildman–Crippen MR) is 57.8 cm³/mol. The quantitative estimate of drug-likeness (QED) is 0.659. The SMILES string of the molecule is CC(C)C1=CCNN=C1C(C)(C)C. The number of hydrazone groups is 1. The molecule has 0 fully saturated rings. The van der Waals surface area contributed by atoms with Crippen LogP contribution in [0.25, 0.3) is 0 Å². The molecule has 0 aromatic carbocycles. The summed E-state index contributed by atoms with van der Waals surface area (Å²) in [6.45, 7) is 11.9. The minimum atomic E-state index is 0.142. The Morgan fingerprint density at radius 3 is 2.38 bits per heavy atom. The van der Waals surface area contributed by atoms with Gasteiger partial charge in [0.1, 0.15) is 0 Å². The van der Waals surface area contributed by atoms with E-state index in [0.717, 1.165) is 6.54 Å². The summed E-state index contributed by atoms with van der Waals surface area (Å²) in [4.78, 5) is 0. The summed E-state index contributed by atoms with van der Waals surface area (Å²) in [6.07, 6.45) is 2.25. The third-order valence-corrected chi connectivity index (χ3v) is 2.21. The van der Waals surface area contributed by atoms with Gasteiger partial charge in [-0.1, -0.05) is 40.7 Å². The fourth-order valence-electron chi connectivity index (χ4n) is 1.55. The van der Waals surface area contributed by atoms with Crippen LogP contribution in [-0.4, -0.2) is 12.3 Å². The lowest BCUT2D eigenvalue weighted by Crippen LogP contribution is -2.31. The molecule has 0 spiro atoms. The molecule has 0 aromatic heterocycles. The van der Waals surface area contributed by atoms with Crippen LogP contribution in [-0.2, 0) is 0 Å². The molecule has 0 atom stereocenters. The highest BCUT2D eigenvalue weighted by Gasteiger charge is 2.25. The van der Waals surface area contributed by atoms with Crippen molar-refractivity contribution in [1.29, 1.82) is 0 Å². The molecule has 1 heterocycles.